The summed E-state index contributed by atoms with van der Waals surface area (Å²) in [6.45, 7) is 3.59. The van der Waals surface area contributed by atoms with Gasteiger partial charge in [-0.2, -0.15) is 0 Å². The molecule has 164 valence electrons. The van der Waals surface area contributed by atoms with Gasteiger partial charge in [-0.25, -0.2) is 9.97 Å². The molecular formula is C25H25ClN4O2. The van der Waals surface area contributed by atoms with Gasteiger partial charge in [-0.1, -0.05) is 54.1 Å². The number of nitrogen functional groups attached to an aromatic ring is 1. The van der Waals surface area contributed by atoms with Gasteiger partial charge in [0, 0.05) is 23.9 Å². The Balaban J connectivity index is 1.61. The largest absolute Gasteiger partial charge is 0.390 e. The molecule has 0 bridgehead atoms. The van der Waals surface area contributed by atoms with Crippen LogP contribution in [0.3, 0.4) is 0 Å². The van der Waals surface area contributed by atoms with E-state index in [1.165, 1.54) is 0 Å². The SMILES string of the molecule is CC1(O)CC(c2nc(-c3ccc(C(C)(O)c4ccccc4)cc3Cl)c3c(N)nccn23)C1. The molecular weight excluding hydrogens is 424 g/mol. The van der Waals surface area contributed by atoms with Crippen LogP contribution in [0.2, 0.25) is 5.02 Å². The van der Waals surface area contributed by atoms with Crippen molar-refractivity contribution in [2.24, 2.45) is 0 Å². The third-order valence-corrected chi connectivity index (χ3v) is 6.78. The Morgan fingerprint density at radius 3 is 2.53 bits per heavy atom. The summed E-state index contributed by atoms with van der Waals surface area (Å²) in [5.74, 6) is 1.33. The molecule has 0 aliphatic heterocycles. The van der Waals surface area contributed by atoms with Crippen LogP contribution in [0.4, 0.5) is 5.82 Å². The molecule has 0 saturated heterocycles. The molecule has 0 amide bonds. The topological polar surface area (TPSA) is 96.7 Å². The quantitative estimate of drug-likeness (QED) is 0.426. The molecule has 1 unspecified atom stereocenters. The highest BCUT2D eigenvalue weighted by Gasteiger charge is 2.42. The van der Waals surface area contributed by atoms with Gasteiger partial charge in [0.1, 0.15) is 28.5 Å². The van der Waals surface area contributed by atoms with E-state index in [1.54, 1.807) is 19.2 Å². The highest BCUT2D eigenvalue weighted by Crippen LogP contribution is 2.46. The molecule has 1 fully saturated rings. The molecule has 1 atom stereocenters. The minimum absolute atomic E-state index is 0.130. The number of nitrogens with two attached hydrogens (primary N) is 1. The fourth-order valence-corrected chi connectivity index (χ4v) is 4.96. The number of imidazole rings is 1. The van der Waals surface area contributed by atoms with Crippen LogP contribution < -0.4 is 5.73 Å². The zero-order valence-electron chi connectivity index (χ0n) is 18.0. The van der Waals surface area contributed by atoms with Gasteiger partial charge >= 0.3 is 0 Å². The van der Waals surface area contributed by atoms with E-state index < -0.39 is 11.2 Å². The fourth-order valence-electron chi connectivity index (χ4n) is 4.69. The lowest BCUT2D eigenvalue weighted by molar-refractivity contribution is -0.0335. The maximum atomic E-state index is 11.2. The molecule has 1 aliphatic carbocycles. The van der Waals surface area contributed by atoms with Gasteiger partial charge in [0.25, 0.3) is 0 Å². The van der Waals surface area contributed by atoms with E-state index in [-0.39, 0.29) is 5.92 Å². The van der Waals surface area contributed by atoms with E-state index in [4.69, 9.17) is 22.3 Å². The minimum Gasteiger partial charge on any atom is -0.390 e. The third kappa shape index (κ3) is 3.35. The number of benzene rings is 2. The highest BCUT2D eigenvalue weighted by atomic mass is 35.5. The van der Waals surface area contributed by atoms with Crippen molar-refractivity contribution in [1.82, 2.24) is 14.4 Å². The predicted molar refractivity (Wildman–Crippen MR) is 126 cm³/mol. The van der Waals surface area contributed by atoms with Gasteiger partial charge in [-0.3, -0.25) is 4.40 Å². The Kier molecular flexibility index (Phi) is 4.78. The summed E-state index contributed by atoms with van der Waals surface area (Å²) in [4.78, 5) is 9.15. The van der Waals surface area contributed by atoms with Crippen molar-refractivity contribution in [3.63, 3.8) is 0 Å². The lowest BCUT2D eigenvalue weighted by Crippen LogP contribution is -2.40. The minimum atomic E-state index is -1.19. The number of aromatic nitrogens is 3. The Labute approximate surface area is 191 Å². The van der Waals surface area contributed by atoms with Crippen molar-refractivity contribution >= 4 is 22.9 Å². The van der Waals surface area contributed by atoms with Crippen LogP contribution in [0.1, 0.15) is 49.6 Å². The van der Waals surface area contributed by atoms with Gasteiger partial charge in [0.2, 0.25) is 0 Å². The number of nitrogens with zero attached hydrogens (tertiary/aromatic N) is 3. The van der Waals surface area contributed by atoms with Gasteiger partial charge in [0.15, 0.2) is 0 Å². The average Bonchev–Trinajstić information content (AvgIpc) is 3.13. The first-order valence-corrected chi connectivity index (χ1v) is 11.0. The number of hydrogen-bond donors (Lipinski definition) is 3. The van der Waals surface area contributed by atoms with Crippen LogP contribution in [0.15, 0.2) is 60.9 Å². The fraction of sp³-hybridized carbons (Fsp3) is 0.280. The van der Waals surface area contributed by atoms with E-state index in [0.29, 0.717) is 46.0 Å². The molecule has 2 aromatic heterocycles. The summed E-state index contributed by atoms with van der Waals surface area (Å²) < 4.78 is 1.95. The molecule has 1 aliphatic rings. The van der Waals surface area contributed by atoms with Crippen molar-refractivity contribution in [3.8, 4) is 11.3 Å². The zero-order chi connectivity index (χ0) is 22.7. The number of fused-ring (bicyclic) bond motifs is 1. The van der Waals surface area contributed by atoms with Gasteiger partial charge < -0.3 is 15.9 Å². The van der Waals surface area contributed by atoms with Crippen LogP contribution >= 0.6 is 11.6 Å². The van der Waals surface area contributed by atoms with E-state index in [2.05, 4.69) is 4.98 Å². The first-order chi connectivity index (χ1) is 15.2. The van der Waals surface area contributed by atoms with E-state index >= 15 is 0 Å². The Morgan fingerprint density at radius 2 is 1.88 bits per heavy atom. The van der Waals surface area contributed by atoms with Crippen LogP contribution in [0, 0.1) is 0 Å². The second kappa shape index (κ2) is 7.30. The van der Waals surface area contributed by atoms with Crippen LogP contribution in [-0.4, -0.2) is 30.2 Å². The van der Waals surface area contributed by atoms with Crippen LogP contribution in [0.25, 0.3) is 16.8 Å². The monoisotopic (exact) mass is 448 g/mol. The maximum absolute atomic E-state index is 11.2. The number of anilines is 1. The van der Waals surface area contributed by atoms with Crippen molar-refractivity contribution < 1.29 is 10.2 Å². The summed E-state index contributed by atoms with van der Waals surface area (Å²) >= 11 is 6.73. The van der Waals surface area contributed by atoms with Crippen molar-refractivity contribution in [2.45, 2.75) is 43.8 Å². The molecule has 32 heavy (non-hydrogen) atoms. The summed E-state index contributed by atoms with van der Waals surface area (Å²) in [6, 6.07) is 15.0. The molecule has 0 radical (unpaired) electrons. The molecule has 2 heterocycles. The average molecular weight is 449 g/mol. The molecule has 0 spiro atoms. The van der Waals surface area contributed by atoms with E-state index in [1.807, 2.05) is 60.0 Å². The summed E-state index contributed by atoms with van der Waals surface area (Å²) in [5.41, 5.74) is 7.90. The molecule has 7 heteroatoms. The number of rotatable bonds is 4. The Morgan fingerprint density at radius 1 is 1.16 bits per heavy atom. The van der Waals surface area contributed by atoms with Gasteiger partial charge in [-0.15, -0.1) is 0 Å². The normalized spacial score (nSPS) is 22.5. The Bertz CT molecular complexity index is 1310. The molecule has 1 saturated carbocycles. The summed E-state index contributed by atoms with van der Waals surface area (Å²) in [7, 11) is 0. The van der Waals surface area contributed by atoms with Crippen LogP contribution in [0.5, 0.6) is 0 Å². The summed E-state index contributed by atoms with van der Waals surface area (Å²) in [5, 5.41) is 21.9. The molecule has 2 aromatic carbocycles. The zero-order valence-corrected chi connectivity index (χ0v) is 18.7. The number of aliphatic hydroxyl groups is 2. The smallest absolute Gasteiger partial charge is 0.150 e. The van der Waals surface area contributed by atoms with Crippen molar-refractivity contribution in [3.05, 3.63) is 82.9 Å². The number of hydrogen-bond acceptors (Lipinski definition) is 5. The lowest BCUT2D eigenvalue weighted by Gasteiger charge is -2.40. The second-order valence-corrected chi connectivity index (χ2v) is 9.49. The van der Waals surface area contributed by atoms with Crippen molar-refractivity contribution in [1.29, 1.82) is 0 Å². The predicted octanol–water partition coefficient (Wildman–Crippen LogP) is 4.52. The molecule has 6 nitrogen and oxygen atoms in total. The maximum Gasteiger partial charge on any atom is 0.150 e. The van der Waals surface area contributed by atoms with E-state index in [0.717, 1.165) is 11.4 Å². The number of halogens is 1. The Hall–Kier alpha value is -2.93. The lowest BCUT2D eigenvalue weighted by atomic mass is 9.72. The van der Waals surface area contributed by atoms with Gasteiger partial charge in [0.05, 0.1) is 10.6 Å². The first-order valence-electron chi connectivity index (χ1n) is 10.6. The van der Waals surface area contributed by atoms with Crippen LogP contribution in [-0.2, 0) is 5.60 Å². The molecule has 4 N–H and O–H groups in total. The molecule has 4 aromatic rings. The standard InChI is InChI=1S/C25H25ClN4O2/c1-24(31)13-15(14-24)23-29-20(21-22(27)28-10-11-30(21)23)18-9-8-17(12-19(18)26)25(2,32)16-6-4-3-5-7-16/h3-12,15,31-32H,13-14H2,1-2H3,(H2,27,28). The first kappa shape index (κ1) is 20.9. The van der Waals surface area contributed by atoms with Gasteiger partial charge in [-0.05, 0) is 43.9 Å². The second-order valence-electron chi connectivity index (χ2n) is 9.08. The van der Waals surface area contributed by atoms with Crippen molar-refractivity contribution in [2.75, 3.05) is 5.73 Å². The highest BCUT2D eigenvalue weighted by molar-refractivity contribution is 6.33. The van der Waals surface area contributed by atoms with E-state index in [9.17, 15) is 10.2 Å². The third-order valence-electron chi connectivity index (χ3n) is 6.47. The summed E-state index contributed by atoms with van der Waals surface area (Å²) in [6.07, 6.45) is 4.77. The molecule has 5 rings (SSSR count).